The van der Waals surface area contributed by atoms with Gasteiger partial charge in [-0.1, -0.05) is 0 Å². The van der Waals surface area contributed by atoms with Crippen LogP contribution in [0.1, 0.15) is 25.0 Å². The lowest BCUT2D eigenvalue weighted by Crippen LogP contribution is -2.27. The summed E-state index contributed by atoms with van der Waals surface area (Å²) < 4.78 is 49.3. The lowest BCUT2D eigenvalue weighted by Gasteiger charge is -2.20. The monoisotopic (exact) mass is 423 g/mol. The van der Waals surface area contributed by atoms with E-state index in [1.807, 2.05) is 26.8 Å². The van der Waals surface area contributed by atoms with Crippen molar-refractivity contribution >= 4 is 10.0 Å². The fraction of sp³-hybridized carbons (Fsp3) is 0.429. The van der Waals surface area contributed by atoms with Gasteiger partial charge >= 0.3 is 0 Å². The molecule has 0 aliphatic rings. The van der Waals surface area contributed by atoms with Crippen molar-refractivity contribution in [2.75, 3.05) is 34.5 Å². The van der Waals surface area contributed by atoms with Gasteiger partial charge < -0.3 is 18.9 Å². The normalized spacial score (nSPS) is 11.4. The van der Waals surface area contributed by atoms with E-state index in [9.17, 15) is 8.42 Å². The summed E-state index contributed by atoms with van der Waals surface area (Å²) in [6.07, 6.45) is 0. The minimum absolute atomic E-state index is 0.144. The molecular weight excluding hydrogens is 394 g/mol. The number of nitrogens with zero attached hydrogens (tertiary/aromatic N) is 1. The Hall–Kier alpha value is -2.45. The van der Waals surface area contributed by atoms with Crippen LogP contribution in [0.5, 0.6) is 23.0 Å². The van der Waals surface area contributed by atoms with Crippen LogP contribution in [0.3, 0.4) is 0 Å². The Morgan fingerprint density at radius 2 is 1.45 bits per heavy atom. The molecular formula is C21H29NO6S. The topological polar surface area (TPSA) is 74.3 Å². The molecule has 2 aromatic carbocycles. The van der Waals surface area contributed by atoms with E-state index in [2.05, 4.69) is 0 Å². The molecule has 0 spiro atoms. The number of methoxy groups -OCH3 is 2. The number of hydrogen-bond acceptors (Lipinski definition) is 6. The zero-order chi connectivity index (χ0) is 21.6. The van der Waals surface area contributed by atoms with Gasteiger partial charge in [0.1, 0.15) is 0 Å². The van der Waals surface area contributed by atoms with Gasteiger partial charge in [-0.05, 0) is 56.2 Å². The van der Waals surface area contributed by atoms with Gasteiger partial charge in [0.15, 0.2) is 23.0 Å². The third-order valence-electron chi connectivity index (χ3n) is 4.46. The van der Waals surface area contributed by atoms with Crippen molar-refractivity contribution in [2.45, 2.75) is 32.2 Å². The zero-order valence-electron chi connectivity index (χ0n) is 17.8. The third kappa shape index (κ3) is 5.13. The van der Waals surface area contributed by atoms with Crippen molar-refractivity contribution in [3.8, 4) is 23.0 Å². The molecule has 0 aliphatic carbocycles. The lowest BCUT2D eigenvalue weighted by atomic mass is 10.1. The highest BCUT2D eigenvalue weighted by atomic mass is 32.2. The summed E-state index contributed by atoms with van der Waals surface area (Å²) in [6, 6.07) is 8.28. The van der Waals surface area contributed by atoms with Crippen LogP contribution in [0.15, 0.2) is 35.2 Å². The molecule has 8 heteroatoms. The van der Waals surface area contributed by atoms with Gasteiger partial charge in [0, 0.05) is 19.7 Å². The van der Waals surface area contributed by atoms with Crippen LogP contribution in [-0.4, -0.2) is 47.2 Å². The zero-order valence-corrected chi connectivity index (χ0v) is 18.6. The predicted octanol–water partition coefficient (Wildman–Crippen LogP) is 3.63. The molecule has 2 rings (SSSR count). The van der Waals surface area contributed by atoms with Crippen LogP contribution >= 0.6 is 0 Å². The Morgan fingerprint density at radius 1 is 0.862 bits per heavy atom. The summed E-state index contributed by atoms with van der Waals surface area (Å²) in [7, 11) is 0.921. The van der Waals surface area contributed by atoms with Crippen LogP contribution in [-0.2, 0) is 16.6 Å². The first-order valence-electron chi connectivity index (χ1n) is 9.35. The molecule has 0 aromatic heterocycles. The number of aryl methyl sites for hydroxylation is 1. The molecule has 0 fully saturated rings. The second-order valence-electron chi connectivity index (χ2n) is 6.37. The van der Waals surface area contributed by atoms with Gasteiger partial charge in [-0.3, -0.25) is 0 Å². The van der Waals surface area contributed by atoms with Crippen LogP contribution in [0.25, 0.3) is 0 Å². The highest BCUT2D eigenvalue weighted by Crippen LogP contribution is 2.33. The minimum atomic E-state index is -3.74. The smallest absolute Gasteiger partial charge is 0.243 e. The average Bonchev–Trinajstić information content (AvgIpc) is 2.70. The maximum Gasteiger partial charge on any atom is 0.243 e. The highest BCUT2D eigenvalue weighted by Gasteiger charge is 2.24. The molecule has 0 radical (unpaired) electrons. The fourth-order valence-electron chi connectivity index (χ4n) is 2.89. The molecule has 0 heterocycles. The van der Waals surface area contributed by atoms with E-state index in [1.54, 1.807) is 33.4 Å². The maximum absolute atomic E-state index is 13.1. The molecule has 0 bridgehead atoms. The van der Waals surface area contributed by atoms with Crippen molar-refractivity contribution in [2.24, 2.45) is 0 Å². The highest BCUT2D eigenvalue weighted by molar-refractivity contribution is 7.89. The molecule has 0 N–H and O–H groups in total. The van der Waals surface area contributed by atoms with Crippen molar-refractivity contribution in [1.29, 1.82) is 0 Å². The molecule has 0 aliphatic heterocycles. The van der Waals surface area contributed by atoms with Gasteiger partial charge in [0.25, 0.3) is 0 Å². The summed E-state index contributed by atoms with van der Waals surface area (Å²) in [6.45, 7) is 6.66. The number of benzene rings is 2. The minimum Gasteiger partial charge on any atom is -0.493 e. The summed E-state index contributed by atoms with van der Waals surface area (Å²) in [4.78, 5) is 0.144. The van der Waals surface area contributed by atoms with Gasteiger partial charge in [0.05, 0.1) is 32.3 Å². The third-order valence-corrected chi connectivity index (χ3v) is 6.26. The summed E-state index contributed by atoms with van der Waals surface area (Å²) >= 11 is 0. The van der Waals surface area contributed by atoms with Crippen LogP contribution in [0.2, 0.25) is 0 Å². The first-order chi connectivity index (χ1) is 13.8. The SMILES string of the molecule is CCOc1ccc(S(=O)(=O)N(C)Cc2cc(OC)c(OC)cc2C)cc1OCC. The van der Waals surface area contributed by atoms with Crippen molar-refractivity contribution in [1.82, 2.24) is 4.31 Å². The fourth-order valence-corrected chi connectivity index (χ4v) is 4.05. The van der Waals surface area contributed by atoms with Gasteiger partial charge in [-0.2, -0.15) is 4.31 Å². The lowest BCUT2D eigenvalue weighted by molar-refractivity contribution is 0.287. The van der Waals surface area contributed by atoms with E-state index in [1.165, 1.54) is 16.4 Å². The van der Waals surface area contributed by atoms with E-state index in [4.69, 9.17) is 18.9 Å². The summed E-state index contributed by atoms with van der Waals surface area (Å²) in [5.41, 5.74) is 1.73. The van der Waals surface area contributed by atoms with E-state index in [0.717, 1.165) is 11.1 Å². The molecule has 160 valence electrons. The van der Waals surface area contributed by atoms with Crippen LogP contribution < -0.4 is 18.9 Å². The molecule has 0 unspecified atom stereocenters. The first-order valence-corrected chi connectivity index (χ1v) is 10.8. The van der Waals surface area contributed by atoms with Crippen LogP contribution in [0.4, 0.5) is 0 Å². The summed E-state index contributed by atoms with van der Waals surface area (Å²) in [5, 5.41) is 0. The second kappa shape index (κ2) is 9.84. The predicted molar refractivity (Wildman–Crippen MR) is 112 cm³/mol. The Labute approximate surface area is 173 Å². The van der Waals surface area contributed by atoms with Crippen molar-refractivity contribution in [3.63, 3.8) is 0 Å². The molecule has 2 aromatic rings. The van der Waals surface area contributed by atoms with Gasteiger partial charge in [-0.25, -0.2) is 8.42 Å². The summed E-state index contributed by atoms with van der Waals surface area (Å²) in [5.74, 6) is 2.09. The number of rotatable bonds is 10. The van der Waals surface area contributed by atoms with Gasteiger partial charge in [0.2, 0.25) is 10.0 Å². The largest absolute Gasteiger partial charge is 0.493 e. The number of hydrogen-bond donors (Lipinski definition) is 0. The Balaban J connectivity index is 2.35. The van der Waals surface area contributed by atoms with Crippen molar-refractivity contribution in [3.05, 3.63) is 41.5 Å². The van der Waals surface area contributed by atoms with Crippen LogP contribution in [0, 0.1) is 6.92 Å². The van der Waals surface area contributed by atoms with E-state index in [0.29, 0.717) is 36.2 Å². The Morgan fingerprint density at radius 3 is 2.03 bits per heavy atom. The first kappa shape index (κ1) is 22.8. The average molecular weight is 424 g/mol. The molecule has 7 nitrogen and oxygen atoms in total. The van der Waals surface area contributed by atoms with E-state index in [-0.39, 0.29) is 11.4 Å². The molecule has 0 saturated carbocycles. The number of sulfonamides is 1. The second-order valence-corrected chi connectivity index (χ2v) is 8.41. The van der Waals surface area contributed by atoms with E-state index >= 15 is 0 Å². The molecule has 29 heavy (non-hydrogen) atoms. The quantitative estimate of drug-likeness (QED) is 0.581. The number of ether oxygens (including phenoxy) is 4. The maximum atomic E-state index is 13.1. The Kier molecular flexibility index (Phi) is 7.75. The standard InChI is InChI=1S/C21H29NO6S/c1-7-27-18-10-9-17(13-21(18)28-8-2)29(23,24)22(4)14-16-12-20(26-6)19(25-5)11-15(16)3/h9-13H,7-8,14H2,1-6H3. The van der Waals surface area contributed by atoms with Gasteiger partial charge in [-0.15, -0.1) is 0 Å². The van der Waals surface area contributed by atoms with E-state index < -0.39 is 10.0 Å². The van der Waals surface area contributed by atoms with Crippen molar-refractivity contribution < 1.29 is 27.4 Å². The molecule has 0 atom stereocenters. The molecule has 0 saturated heterocycles. The Bertz CT molecular complexity index is 942. The molecule has 0 amide bonds.